The van der Waals surface area contributed by atoms with Gasteiger partial charge in [-0.3, -0.25) is 19.2 Å². The van der Waals surface area contributed by atoms with E-state index in [2.05, 4.69) is 20.9 Å². The fourth-order valence-corrected chi connectivity index (χ4v) is 2.20. The van der Waals surface area contributed by atoms with Gasteiger partial charge in [-0.05, 0) is 31.5 Å². The third-order valence-corrected chi connectivity index (χ3v) is 3.63. The van der Waals surface area contributed by atoms with Crippen LogP contribution in [0.5, 0.6) is 0 Å². The van der Waals surface area contributed by atoms with Gasteiger partial charge in [-0.1, -0.05) is 12.1 Å². The Morgan fingerprint density at radius 1 is 0.857 bits per heavy atom. The number of nitrogens with zero attached hydrogens (tertiary/aromatic N) is 1. The number of aliphatic imine (C=N–C) groups is 1. The minimum absolute atomic E-state index is 0.130. The molecule has 3 unspecified atom stereocenters. The topological polar surface area (TPSA) is 195 Å². The van der Waals surface area contributed by atoms with E-state index < -0.39 is 41.8 Å². The summed E-state index contributed by atoms with van der Waals surface area (Å²) in [5.41, 5.74) is 16.7. The number of benzene rings is 1. The molecular weight excluding hydrogens is 366 g/mol. The molecule has 0 spiro atoms. The molecule has 4 amide bonds. The first-order valence-corrected chi connectivity index (χ1v) is 8.38. The van der Waals surface area contributed by atoms with Gasteiger partial charge in [-0.15, -0.1) is 0 Å². The van der Waals surface area contributed by atoms with Crippen LogP contribution in [0.3, 0.4) is 0 Å². The van der Waals surface area contributed by atoms with Gasteiger partial charge in [0.25, 0.3) is 0 Å². The summed E-state index contributed by atoms with van der Waals surface area (Å²) in [5, 5.41) is 7.39. The third-order valence-electron chi connectivity index (χ3n) is 3.63. The second-order valence-electron chi connectivity index (χ2n) is 6.12. The van der Waals surface area contributed by atoms with E-state index in [1.807, 2.05) is 0 Å². The number of primary amides is 1. The molecular formula is C17H25N7O4. The molecule has 0 fully saturated rings. The number of nitrogens with one attached hydrogen (secondary N) is 3. The fourth-order valence-electron chi connectivity index (χ4n) is 2.20. The van der Waals surface area contributed by atoms with Gasteiger partial charge in [0, 0.05) is 6.92 Å². The molecule has 152 valence electrons. The number of rotatable bonds is 8. The van der Waals surface area contributed by atoms with Crippen molar-refractivity contribution < 1.29 is 19.2 Å². The minimum Gasteiger partial charge on any atom is -0.370 e. The smallest absolute Gasteiger partial charge is 0.247 e. The largest absolute Gasteiger partial charge is 0.370 e. The Hall–Kier alpha value is -3.63. The van der Waals surface area contributed by atoms with E-state index in [9.17, 15) is 19.2 Å². The van der Waals surface area contributed by atoms with Gasteiger partial charge in [0.05, 0.1) is 5.69 Å². The van der Waals surface area contributed by atoms with Crippen LogP contribution in [0.2, 0.25) is 0 Å². The van der Waals surface area contributed by atoms with E-state index in [1.54, 1.807) is 24.3 Å². The van der Waals surface area contributed by atoms with Crippen molar-refractivity contribution in [1.29, 1.82) is 0 Å². The number of guanidine groups is 1. The van der Waals surface area contributed by atoms with Gasteiger partial charge in [0.1, 0.15) is 18.1 Å². The molecule has 28 heavy (non-hydrogen) atoms. The van der Waals surface area contributed by atoms with Crippen LogP contribution in [-0.4, -0.2) is 41.7 Å². The molecule has 0 aromatic heterocycles. The highest BCUT2D eigenvalue weighted by molar-refractivity contribution is 5.94. The molecule has 3 atom stereocenters. The summed E-state index contributed by atoms with van der Waals surface area (Å²) >= 11 is 0. The fraction of sp³-hybridized carbons (Fsp3) is 0.353. The molecule has 11 nitrogen and oxygen atoms in total. The molecule has 9 N–H and O–H groups in total. The summed E-state index contributed by atoms with van der Waals surface area (Å²) in [7, 11) is 0. The van der Waals surface area contributed by atoms with Crippen molar-refractivity contribution in [3.63, 3.8) is 0 Å². The number of carbonyl (C=O) groups is 4. The van der Waals surface area contributed by atoms with Gasteiger partial charge in [0.2, 0.25) is 23.6 Å². The van der Waals surface area contributed by atoms with Gasteiger partial charge >= 0.3 is 0 Å². The lowest BCUT2D eigenvalue weighted by Crippen LogP contribution is -2.51. The molecule has 11 heteroatoms. The van der Waals surface area contributed by atoms with E-state index in [0.29, 0.717) is 11.3 Å². The Labute approximate surface area is 162 Å². The predicted octanol–water partition coefficient (Wildman–Crippen LogP) is -1.74. The van der Waals surface area contributed by atoms with Crippen molar-refractivity contribution in [2.24, 2.45) is 22.2 Å². The molecule has 0 saturated carbocycles. The summed E-state index contributed by atoms with van der Waals surface area (Å²) in [6.07, 6.45) is 0. The van der Waals surface area contributed by atoms with E-state index in [4.69, 9.17) is 17.2 Å². The zero-order valence-corrected chi connectivity index (χ0v) is 15.9. The number of hydrogen-bond donors (Lipinski definition) is 6. The van der Waals surface area contributed by atoms with Crippen molar-refractivity contribution in [3.8, 4) is 0 Å². The van der Waals surface area contributed by atoms with E-state index in [-0.39, 0.29) is 5.96 Å². The van der Waals surface area contributed by atoms with Crippen molar-refractivity contribution >= 4 is 35.3 Å². The Morgan fingerprint density at radius 3 is 1.89 bits per heavy atom. The third kappa shape index (κ3) is 6.94. The monoisotopic (exact) mass is 391 g/mol. The molecule has 1 rings (SSSR count). The molecule has 0 saturated heterocycles. The maximum Gasteiger partial charge on any atom is 0.247 e. The van der Waals surface area contributed by atoms with Gasteiger partial charge < -0.3 is 33.2 Å². The maximum absolute atomic E-state index is 12.6. The van der Waals surface area contributed by atoms with Crippen LogP contribution in [0.1, 0.15) is 32.4 Å². The van der Waals surface area contributed by atoms with Crippen molar-refractivity contribution in [1.82, 2.24) is 16.0 Å². The molecule has 0 radical (unpaired) electrons. The van der Waals surface area contributed by atoms with Crippen molar-refractivity contribution in [2.75, 3.05) is 0 Å². The Bertz CT molecular complexity index is 772. The zero-order valence-electron chi connectivity index (χ0n) is 15.9. The summed E-state index contributed by atoms with van der Waals surface area (Å²) in [6, 6.07) is 3.24. The van der Waals surface area contributed by atoms with E-state index in [1.165, 1.54) is 20.8 Å². The SMILES string of the molecule is CC(=O)NC(C)C(=O)NC(C(=O)NC(C)C(N)=O)c1ccc(N=C(N)N)cc1. The molecule has 1 aromatic carbocycles. The van der Waals surface area contributed by atoms with Crippen LogP contribution in [0, 0.1) is 0 Å². The summed E-state index contributed by atoms with van der Waals surface area (Å²) in [5.74, 6) is -2.49. The lowest BCUT2D eigenvalue weighted by Gasteiger charge is -2.22. The highest BCUT2D eigenvalue weighted by Crippen LogP contribution is 2.19. The minimum atomic E-state index is -1.14. The second-order valence-corrected chi connectivity index (χ2v) is 6.12. The van der Waals surface area contributed by atoms with E-state index in [0.717, 1.165) is 0 Å². The molecule has 0 aliphatic carbocycles. The Morgan fingerprint density at radius 2 is 1.43 bits per heavy atom. The first-order valence-electron chi connectivity index (χ1n) is 8.38. The average molecular weight is 391 g/mol. The average Bonchev–Trinajstić information content (AvgIpc) is 2.58. The first kappa shape index (κ1) is 22.4. The normalized spacial score (nSPS) is 13.4. The second kappa shape index (κ2) is 9.90. The quantitative estimate of drug-likeness (QED) is 0.225. The van der Waals surface area contributed by atoms with Crippen LogP contribution in [0.15, 0.2) is 29.3 Å². The number of amides is 4. The summed E-state index contributed by atoms with van der Waals surface area (Å²) in [4.78, 5) is 51.2. The summed E-state index contributed by atoms with van der Waals surface area (Å²) < 4.78 is 0. The molecule has 0 aliphatic rings. The number of nitrogens with two attached hydrogens (primary N) is 3. The molecule has 0 aliphatic heterocycles. The number of hydrogen-bond acceptors (Lipinski definition) is 5. The lowest BCUT2D eigenvalue weighted by molar-refractivity contribution is -0.132. The van der Waals surface area contributed by atoms with Crippen LogP contribution in [-0.2, 0) is 19.2 Å². The molecule has 0 heterocycles. The van der Waals surface area contributed by atoms with Gasteiger partial charge in [0.15, 0.2) is 5.96 Å². The van der Waals surface area contributed by atoms with Crippen LogP contribution < -0.4 is 33.2 Å². The standard InChI is InChI=1S/C17H25N7O4/c1-8(14(18)26)22-16(28)13(24-15(27)9(2)21-10(3)25)11-4-6-12(7-5-11)23-17(19)20/h4-9,13H,1-3H3,(H2,18,26)(H,21,25)(H,22,28)(H,24,27)(H4,19,20,23). The molecule has 0 bridgehead atoms. The Kier molecular flexibility index (Phi) is 7.92. The lowest BCUT2D eigenvalue weighted by atomic mass is 10.0. The highest BCUT2D eigenvalue weighted by atomic mass is 16.2. The van der Waals surface area contributed by atoms with Crippen molar-refractivity contribution in [3.05, 3.63) is 29.8 Å². The molecule has 1 aromatic rings. The van der Waals surface area contributed by atoms with Crippen LogP contribution >= 0.6 is 0 Å². The van der Waals surface area contributed by atoms with Crippen molar-refractivity contribution in [2.45, 2.75) is 38.9 Å². The zero-order chi connectivity index (χ0) is 21.4. The van der Waals surface area contributed by atoms with Crippen LogP contribution in [0.4, 0.5) is 5.69 Å². The van der Waals surface area contributed by atoms with Gasteiger partial charge in [-0.25, -0.2) is 4.99 Å². The highest BCUT2D eigenvalue weighted by Gasteiger charge is 2.27. The maximum atomic E-state index is 12.6. The van der Waals surface area contributed by atoms with E-state index >= 15 is 0 Å². The summed E-state index contributed by atoms with van der Waals surface area (Å²) in [6.45, 7) is 4.16. The Balaban J connectivity index is 3.11. The van der Waals surface area contributed by atoms with Crippen LogP contribution in [0.25, 0.3) is 0 Å². The van der Waals surface area contributed by atoms with Gasteiger partial charge in [-0.2, -0.15) is 0 Å². The first-order chi connectivity index (χ1) is 13.0. The number of carbonyl (C=O) groups excluding carboxylic acids is 4. The predicted molar refractivity (Wildman–Crippen MR) is 103 cm³/mol.